The third-order valence-corrected chi connectivity index (χ3v) is 5.45. The molecule has 0 saturated heterocycles. The van der Waals surface area contributed by atoms with Gasteiger partial charge in [0.25, 0.3) is 0 Å². The normalized spacial score (nSPS) is 12.1. The number of ketones is 1. The molecule has 6 nitrogen and oxygen atoms in total. The second-order valence-electron chi connectivity index (χ2n) is 7.58. The predicted octanol–water partition coefficient (Wildman–Crippen LogP) is 4.15. The second kappa shape index (κ2) is 9.05. The molecule has 3 rings (SSSR count). The van der Waals surface area contributed by atoms with Crippen molar-refractivity contribution in [3.8, 4) is 5.69 Å². The van der Waals surface area contributed by atoms with E-state index in [2.05, 4.69) is 10.4 Å². The number of carbonyl (C=O) groups excluding carboxylic acids is 2. The zero-order valence-electron chi connectivity index (χ0n) is 18.1. The van der Waals surface area contributed by atoms with E-state index in [1.165, 1.54) is 6.92 Å². The van der Waals surface area contributed by atoms with Gasteiger partial charge in [0, 0.05) is 23.4 Å². The van der Waals surface area contributed by atoms with Crippen LogP contribution >= 0.6 is 0 Å². The van der Waals surface area contributed by atoms with E-state index in [9.17, 15) is 9.59 Å². The van der Waals surface area contributed by atoms with Crippen LogP contribution in [-0.4, -0.2) is 39.5 Å². The van der Waals surface area contributed by atoms with Crippen molar-refractivity contribution >= 4 is 17.4 Å². The second-order valence-corrected chi connectivity index (χ2v) is 7.58. The Balaban J connectivity index is 1.75. The fourth-order valence-electron chi connectivity index (χ4n) is 3.45. The molecule has 1 heterocycles. The number of anilines is 1. The number of aromatic nitrogens is 2. The highest BCUT2D eigenvalue weighted by Gasteiger charge is 2.22. The standard InChI is InChI=1S/C24H28N4O2/c1-16-22(17(2)28(26-16)20-11-7-6-8-12-20)15-27(5)18(3)24(30)25-23-14-10-9-13-21(23)19(4)29/h6-14,18H,15H2,1-5H3,(H,25,30). The summed E-state index contributed by atoms with van der Waals surface area (Å²) in [7, 11) is 1.92. The number of hydrogen-bond donors (Lipinski definition) is 1. The zero-order chi connectivity index (χ0) is 21.8. The van der Waals surface area contributed by atoms with Crippen molar-refractivity contribution in [2.24, 2.45) is 0 Å². The van der Waals surface area contributed by atoms with Crippen molar-refractivity contribution in [3.05, 3.63) is 77.1 Å². The first-order chi connectivity index (χ1) is 14.3. The Hall–Kier alpha value is -3.25. The molecule has 6 heteroatoms. The number of carbonyl (C=O) groups is 2. The number of benzene rings is 2. The molecule has 0 bridgehead atoms. The largest absolute Gasteiger partial charge is 0.324 e. The molecular formula is C24H28N4O2. The van der Waals surface area contributed by atoms with Crippen LogP contribution in [0.5, 0.6) is 0 Å². The zero-order valence-corrected chi connectivity index (χ0v) is 18.1. The van der Waals surface area contributed by atoms with Crippen LogP contribution in [0.3, 0.4) is 0 Å². The van der Waals surface area contributed by atoms with Crippen LogP contribution in [0.25, 0.3) is 5.69 Å². The average Bonchev–Trinajstić information content (AvgIpc) is 3.02. The summed E-state index contributed by atoms with van der Waals surface area (Å²) in [5, 5.41) is 7.58. The Morgan fingerprint density at radius 3 is 2.37 bits per heavy atom. The molecule has 1 aromatic heterocycles. The van der Waals surface area contributed by atoms with Crippen molar-refractivity contribution in [1.82, 2.24) is 14.7 Å². The summed E-state index contributed by atoms with van der Waals surface area (Å²) in [6, 6.07) is 16.7. The molecular weight excluding hydrogens is 376 g/mol. The first-order valence-corrected chi connectivity index (χ1v) is 10.0. The highest BCUT2D eigenvalue weighted by Crippen LogP contribution is 2.21. The number of Topliss-reactive ketones (excluding diaryl/α,β-unsaturated/α-hetero) is 1. The maximum absolute atomic E-state index is 12.8. The van der Waals surface area contributed by atoms with Crippen LogP contribution < -0.4 is 5.32 Å². The smallest absolute Gasteiger partial charge is 0.241 e. The molecule has 0 fully saturated rings. The van der Waals surface area contributed by atoms with Gasteiger partial charge < -0.3 is 5.32 Å². The summed E-state index contributed by atoms with van der Waals surface area (Å²) >= 11 is 0. The van der Waals surface area contributed by atoms with Gasteiger partial charge in [0.1, 0.15) is 0 Å². The number of hydrogen-bond acceptors (Lipinski definition) is 4. The van der Waals surface area contributed by atoms with E-state index >= 15 is 0 Å². The van der Waals surface area contributed by atoms with Crippen molar-refractivity contribution in [2.45, 2.75) is 40.3 Å². The number of nitrogens with zero attached hydrogens (tertiary/aromatic N) is 3. The lowest BCUT2D eigenvalue weighted by atomic mass is 10.1. The van der Waals surface area contributed by atoms with Gasteiger partial charge in [-0.2, -0.15) is 5.10 Å². The number of para-hydroxylation sites is 2. The molecule has 1 amide bonds. The summed E-state index contributed by atoms with van der Waals surface area (Å²) < 4.78 is 1.94. The number of likely N-dealkylation sites (N-methyl/N-ethyl adjacent to an activating group) is 1. The lowest BCUT2D eigenvalue weighted by molar-refractivity contribution is -0.120. The van der Waals surface area contributed by atoms with E-state index in [-0.39, 0.29) is 17.7 Å². The minimum absolute atomic E-state index is 0.0773. The fraction of sp³-hybridized carbons (Fsp3) is 0.292. The SMILES string of the molecule is CC(=O)c1ccccc1NC(=O)C(C)N(C)Cc1c(C)nn(-c2ccccc2)c1C. The van der Waals surface area contributed by atoms with E-state index < -0.39 is 0 Å². The summed E-state index contributed by atoms with van der Waals surface area (Å²) in [6.45, 7) is 7.98. The van der Waals surface area contributed by atoms with Gasteiger partial charge in [-0.15, -0.1) is 0 Å². The fourth-order valence-corrected chi connectivity index (χ4v) is 3.45. The molecule has 0 aliphatic heterocycles. The van der Waals surface area contributed by atoms with Gasteiger partial charge in [-0.05, 0) is 59.0 Å². The van der Waals surface area contributed by atoms with E-state index in [1.807, 2.05) is 67.7 Å². The molecule has 0 saturated carbocycles. The molecule has 0 radical (unpaired) electrons. The molecule has 0 aliphatic carbocycles. The molecule has 0 spiro atoms. The predicted molar refractivity (Wildman–Crippen MR) is 119 cm³/mol. The van der Waals surface area contributed by atoms with Gasteiger partial charge >= 0.3 is 0 Å². The van der Waals surface area contributed by atoms with Crippen LogP contribution in [0.4, 0.5) is 5.69 Å². The van der Waals surface area contributed by atoms with Crippen LogP contribution in [0, 0.1) is 13.8 Å². The van der Waals surface area contributed by atoms with E-state index in [1.54, 1.807) is 24.3 Å². The molecule has 1 unspecified atom stereocenters. The Bertz CT molecular complexity index is 1060. The number of rotatable bonds is 7. The monoisotopic (exact) mass is 404 g/mol. The minimum Gasteiger partial charge on any atom is -0.324 e. The molecule has 3 aromatic rings. The quantitative estimate of drug-likeness (QED) is 0.601. The lowest BCUT2D eigenvalue weighted by Crippen LogP contribution is -2.39. The Kier molecular flexibility index (Phi) is 6.47. The van der Waals surface area contributed by atoms with Gasteiger partial charge in [0.2, 0.25) is 5.91 Å². The molecule has 1 N–H and O–H groups in total. The Morgan fingerprint density at radius 2 is 1.70 bits per heavy atom. The summed E-state index contributed by atoms with van der Waals surface area (Å²) in [5.74, 6) is -0.233. The Labute approximate surface area is 177 Å². The van der Waals surface area contributed by atoms with Crippen molar-refractivity contribution < 1.29 is 9.59 Å². The van der Waals surface area contributed by atoms with Crippen LogP contribution in [0.1, 0.15) is 41.2 Å². The third kappa shape index (κ3) is 4.49. The van der Waals surface area contributed by atoms with Gasteiger partial charge in [-0.25, -0.2) is 4.68 Å². The highest BCUT2D eigenvalue weighted by atomic mass is 16.2. The van der Waals surface area contributed by atoms with Crippen molar-refractivity contribution in [2.75, 3.05) is 12.4 Å². The highest BCUT2D eigenvalue weighted by molar-refractivity contribution is 6.04. The van der Waals surface area contributed by atoms with E-state index in [4.69, 9.17) is 0 Å². The van der Waals surface area contributed by atoms with E-state index in [0.717, 1.165) is 22.6 Å². The molecule has 1 atom stereocenters. The van der Waals surface area contributed by atoms with Gasteiger partial charge in [-0.3, -0.25) is 14.5 Å². The summed E-state index contributed by atoms with van der Waals surface area (Å²) in [4.78, 5) is 26.6. The van der Waals surface area contributed by atoms with Gasteiger partial charge in [0.05, 0.1) is 23.1 Å². The van der Waals surface area contributed by atoms with E-state index in [0.29, 0.717) is 17.8 Å². The number of amides is 1. The summed E-state index contributed by atoms with van der Waals surface area (Å²) in [5.41, 5.74) is 5.16. The van der Waals surface area contributed by atoms with Crippen LogP contribution in [0.2, 0.25) is 0 Å². The Morgan fingerprint density at radius 1 is 1.07 bits per heavy atom. The number of aryl methyl sites for hydroxylation is 1. The topological polar surface area (TPSA) is 67.2 Å². The summed E-state index contributed by atoms with van der Waals surface area (Å²) in [6.07, 6.45) is 0. The van der Waals surface area contributed by atoms with Gasteiger partial charge in [-0.1, -0.05) is 30.3 Å². The van der Waals surface area contributed by atoms with Gasteiger partial charge in [0.15, 0.2) is 5.78 Å². The molecule has 156 valence electrons. The third-order valence-electron chi connectivity index (χ3n) is 5.45. The maximum Gasteiger partial charge on any atom is 0.241 e. The van der Waals surface area contributed by atoms with Crippen molar-refractivity contribution in [3.63, 3.8) is 0 Å². The average molecular weight is 405 g/mol. The molecule has 0 aliphatic rings. The first kappa shape index (κ1) is 21.5. The van der Waals surface area contributed by atoms with Crippen LogP contribution in [0.15, 0.2) is 54.6 Å². The minimum atomic E-state index is -0.385. The first-order valence-electron chi connectivity index (χ1n) is 10.0. The van der Waals surface area contributed by atoms with Crippen LogP contribution in [-0.2, 0) is 11.3 Å². The number of nitrogens with one attached hydrogen (secondary N) is 1. The molecule has 2 aromatic carbocycles. The molecule has 30 heavy (non-hydrogen) atoms. The maximum atomic E-state index is 12.8. The van der Waals surface area contributed by atoms with Crippen molar-refractivity contribution in [1.29, 1.82) is 0 Å². The lowest BCUT2D eigenvalue weighted by Gasteiger charge is -2.24.